The van der Waals surface area contributed by atoms with Crippen molar-refractivity contribution in [2.45, 2.75) is 6.04 Å². The van der Waals surface area contributed by atoms with E-state index in [0.29, 0.717) is 6.04 Å². The average molecular weight is 259 g/mol. The summed E-state index contributed by atoms with van der Waals surface area (Å²) in [6.07, 6.45) is 2.24. The molecule has 1 unspecified atom stereocenters. The van der Waals surface area contributed by atoms with Crippen molar-refractivity contribution < 1.29 is 4.74 Å². The van der Waals surface area contributed by atoms with E-state index in [0.717, 1.165) is 25.4 Å². The fraction of sp³-hybridized carbons (Fsp3) is 0.467. The van der Waals surface area contributed by atoms with Gasteiger partial charge in [0, 0.05) is 50.4 Å². The van der Waals surface area contributed by atoms with Crippen LogP contribution < -0.4 is 10.1 Å². The zero-order valence-corrected chi connectivity index (χ0v) is 11.8. The molecule has 0 aliphatic carbocycles. The number of rotatable bonds is 2. The van der Waals surface area contributed by atoms with Crippen LogP contribution in [0.25, 0.3) is 10.9 Å². The Bertz CT molecular complexity index is 590. The van der Waals surface area contributed by atoms with Gasteiger partial charge in [0.2, 0.25) is 0 Å². The molecule has 1 aliphatic rings. The Kier molecular flexibility index (Phi) is 3.21. The second kappa shape index (κ2) is 4.87. The quantitative estimate of drug-likeness (QED) is 0.891. The lowest BCUT2D eigenvalue weighted by Crippen LogP contribution is -2.43. The molecule has 4 nitrogen and oxygen atoms in total. The Morgan fingerprint density at radius 3 is 2.89 bits per heavy atom. The van der Waals surface area contributed by atoms with E-state index in [9.17, 15) is 0 Å². The highest BCUT2D eigenvalue weighted by Crippen LogP contribution is 2.30. The molecule has 1 aliphatic heterocycles. The number of methoxy groups -OCH3 is 1. The van der Waals surface area contributed by atoms with Crippen LogP contribution in [0.5, 0.6) is 5.75 Å². The zero-order chi connectivity index (χ0) is 13.4. The molecule has 3 rings (SSSR count). The Hall–Kier alpha value is -1.52. The van der Waals surface area contributed by atoms with E-state index in [4.69, 9.17) is 4.74 Å². The second-order valence-electron chi connectivity index (χ2n) is 5.35. The van der Waals surface area contributed by atoms with Crippen LogP contribution in [0.15, 0.2) is 24.4 Å². The average Bonchev–Trinajstić information content (AvgIpc) is 2.76. The van der Waals surface area contributed by atoms with Gasteiger partial charge in [-0.2, -0.15) is 0 Å². The van der Waals surface area contributed by atoms with Crippen LogP contribution in [-0.2, 0) is 7.05 Å². The number of nitrogens with one attached hydrogen (secondary N) is 1. The molecule has 1 saturated heterocycles. The van der Waals surface area contributed by atoms with Gasteiger partial charge in [-0.25, -0.2) is 0 Å². The summed E-state index contributed by atoms with van der Waals surface area (Å²) in [7, 11) is 5.99. The number of fused-ring (bicyclic) bond motifs is 1. The van der Waals surface area contributed by atoms with Crippen LogP contribution in [0, 0.1) is 0 Å². The minimum Gasteiger partial charge on any atom is -0.497 e. The van der Waals surface area contributed by atoms with E-state index in [-0.39, 0.29) is 0 Å². The number of aromatic nitrogens is 1. The third-order valence-electron chi connectivity index (χ3n) is 3.98. The maximum Gasteiger partial charge on any atom is 0.120 e. The van der Waals surface area contributed by atoms with Gasteiger partial charge in [-0.05, 0) is 24.7 Å². The van der Waals surface area contributed by atoms with E-state index >= 15 is 0 Å². The van der Waals surface area contributed by atoms with Crippen molar-refractivity contribution >= 4 is 10.9 Å². The minimum absolute atomic E-state index is 0.413. The number of aryl methyl sites for hydroxylation is 1. The van der Waals surface area contributed by atoms with Gasteiger partial charge in [0.1, 0.15) is 5.75 Å². The summed E-state index contributed by atoms with van der Waals surface area (Å²) in [4.78, 5) is 2.38. The largest absolute Gasteiger partial charge is 0.497 e. The van der Waals surface area contributed by atoms with Gasteiger partial charge in [0.25, 0.3) is 0 Å². The third kappa shape index (κ3) is 2.22. The lowest BCUT2D eigenvalue weighted by molar-refractivity contribution is 0.241. The van der Waals surface area contributed by atoms with E-state index in [2.05, 4.69) is 47.2 Å². The first-order valence-electron chi connectivity index (χ1n) is 6.74. The number of nitrogens with zero attached hydrogens (tertiary/aromatic N) is 2. The Balaban J connectivity index is 2.04. The highest BCUT2D eigenvalue weighted by atomic mass is 16.5. The summed E-state index contributed by atoms with van der Waals surface area (Å²) in [5.74, 6) is 0.911. The first kappa shape index (κ1) is 12.5. The SMILES string of the molecule is COc1ccc2c(C3CN(C)CCN3)cn(C)c2c1. The van der Waals surface area contributed by atoms with E-state index < -0.39 is 0 Å². The molecule has 102 valence electrons. The van der Waals surface area contributed by atoms with E-state index in [1.807, 2.05) is 6.07 Å². The molecular weight excluding hydrogens is 238 g/mol. The monoisotopic (exact) mass is 259 g/mol. The third-order valence-corrected chi connectivity index (χ3v) is 3.98. The molecular formula is C15H21N3O. The predicted molar refractivity (Wildman–Crippen MR) is 77.7 cm³/mol. The number of piperazine rings is 1. The summed E-state index contributed by atoms with van der Waals surface area (Å²) in [6.45, 7) is 3.23. The summed E-state index contributed by atoms with van der Waals surface area (Å²) in [6, 6.07) is 6.72. The van der Waals surface area contributed by atoms with Crippen molar-refractivity contribution in [1.82, 2.24) is 14.8 Å². The summed E-state index contributed by atoms with van der Waals surface area (Å²) >= 11 is 0. The standard InChI is InChI=1S/C15H21N3O/c1-17-7-6-16-14(10-17)13-9-18(2)15-8-11(19-3)4-5-12(13)15/h4-5,8-9,14,16H,6-7,10H2,1-3H3. The first-order chi connectivity index (χ1) is 9.19. The summed E-state index contributed by atoms with van der Waals surface area (Å²) < 4.78 is 7.50. The van der Waals surface area contributed by atoms with Crippen molar-refractivity contribution in [1.29, 1.82) is 0 Å². The molecule has 0 saturated carbocycles. The van der Waals surface area contributed by atoms with Gasteiger partial charge in [0.05, 0.1) is 12.6 Å². The molecule has 1 aromatic heterocycles. The van der Waals surface area contributed by atoms with Crippen LogP contribution in [0.4, 0.5) is 0 Å². The fourth-order valence-corrected chi connectivity index (χ4v) is 2.91. The van der Waals surface area contributed by atoms with Crippen LogP contribution in [0.2, 0.25) is 0 Å². The van der Waals surface area contributed by atoms with Gasteiger partial charge < -0.3 is 19.5 Å². The Labute approximate surface area is 114 Å². The highest BCUT2D eigenvalue weighted by Gasteiger charge is 2.21. The number of hydrogen-bond donors (Lipinski definition) is 1. The molecule has 0 bridgehead atoms. The molecule has 2 aromatic rings. The molecule has 0 radical (unpaired) electrons. The van der Waals surface area contributed by atoms with Crippen LogP contribution in [0.3, 0.4) is 0 Å². The number of hydrogen-bond acceptors (Lipinski definition) is 3. The maximum absolute atomic E-state index is 5.31. The van der Waals surface area contributed by atoms with Crippen LogP contribution >= 0.6 is 0 Å². The summed E-state index contributed by atoms with van der Waals surface area (Å²) in [5.41, 5.74) is 2.61. The van der Waals surface area contributed by atoms with Gasteiger partial charge >= 0.3 is 0 Å². The van der Waals surface area contributed by atoms with Crippen LogP contribution in [-0.4, -0.2) is 43.3 Å². The molecule has 19 heavy (non-hydrogen) atoms. The smallest absolute Gasteiger partial charge is 0.120 e. The molecule has 0 amide bonds. The lowest BCUT2D eigenvalue weighted by atomic mass is 10.0. The van der Waals surface area contributed by atoms with E-state index in [1.165, 1.54) is 16.5 Å². The van der Waals surface area contributed by atoms with Crippen LogP contribution in [0.1, 0.15) is 11.6 Å². The van der Waals surface area contributed by atoms with E-state index in [1.54, 1.807) is 7.11 Å². The molecule has 1 atom stereocenters. The van der Waals surface area contributed by atoms with Gasteiger partial charge in [-0.1, -0.05) is 0 Å². The molecule has 2 heterocycles. The van der Waals surface area contributed by atoms with Crippen molar-refractivity contribution in [2.24, 2.45) is 7.05 Å². The van der Waals surface area contributed by atoms with Crippen molar-refractivity contribution in [2.75, 3.05) is 33.8 Å². The number of ether oxygens (including phenoxy) is 1. The highest BCUT2D eigenvalue weighted by molar-refractivity contribution is 5.85. The Morgan fingerprint density at radius 2 is 2.16 bits per heavy atom. The normalized spacial score (nSPS) is 20.9. The number of benzene rings is 1. The first-order valence-corrected chi connectivity index (χ1v) is 6.74. The van der Waals surface area contributed by atoms with Gasteiger partial charge in [-0.15, -0.1) is 0 Å². The lowest BCUT2D eigenvalue weighted by Gasteiger charge is -2.30. The second-order valence-corrected chi connectivity index (χ2v) is 5.35. The topological polar surface area (TPSA) is 29.4 Å². The van der Waals surface area contributed by atoms with Crippen molar-refractivity contribution in [3.05, 3.63) is 30.0 Å². The van der Waals surface area contributed by atoms with Gasteiger partial charge in [-0.3, -0.25) is 0 Å². The molecule has 1 fully saturated rings. The van der Waals surface area contributed by atoms with Crippen molar-refractivity contribution in [3.63, 3.8) is 0 Å². The zero-order valence-electron chi connectivity index (χ0n) is 11.8. The molecule has 4 heteroatoms. The molecule has 1 aromatic carbocycles. The van der Waals surface area contributed by atoms with Crippen molar-refractivity contribution in [3.8, 4) is 5.75 Å². The summed E-state index contributed by atoms with van der Waals surface area (Å²) in [5, 5.41) is 4.93. The fourth-order valence-electron chi connectivity index (χ4n) is 2.91. The minimum atomic E-state index is 0.413. The maximum atomic E-state index is 5.31. The van der Waals surface area contributed by atoms with Gasteiger partial charge in [0.15, 0.2) is 0 Å². The number of likely N-dealkylation sites (N-methyl/N-ethyl adjacent to an activating group) is 1. The molecule has 0 spiro atoms. The Morgan fingerprint density at radius 1 is 1.32 bits per heavy atom. The molecule has 1 N–H and O–H groups in total. The predicted octanol–water partition coefficient (Wildman–Crippen LogP) is 1.76.